The van der Waals surface area contributed by atoms with Crippen LogP contribution in [-0.4, -0.2) is 7.69 Å². The average molecular weight is 303 g/mol. The highest BCUT2D eigenvalue weighted by atomic mass is 35.5. The summed E-state index contributed by atoms with van der Waals surface area (Å²) in [7, 11) is -0.192. The fourth-order valence-corrected chi connectivity index (χ4v) is 1.53. The molecule has 0 fully saturated rings. The Kier molecular flexibility index (Phi) is 4.50. The molecule has 0 aliphatic heterocycles. The van der Waals surface area contributed by atoms with Crippen molar-refractivity contribution in [1.29, 1.82) is 0 Å². The zero-order chi connectivity index (χ0) is 13.8. The molecule has 98 valence electrons. The minimum atomic E-state index is -0.586. The summed E-state index contributed by atoms with van der Waals surface area (Å²) < 4.78 is 36.5. The van der Waals surface area contributed by atoms with Gasteiger partial charge in [0.15, 0.2) is 0 Å². The van der Waals surface area contributed by atoms with E-state index < -0.39 is 11.6 Å². The molecule has 0 aromatic heterocycles. The Balaban J connectivity index is 1.92. The van der Waals surface area contributed by atoms with Crippen LogP contribution in [0.5, 0.6) is 11.5 Å². The van der Waals surface area contributed by atoms with E-state index in [1.165, 1.54) is 24.3 Å². The maximum Gasteiger partial charge on any atom is 0.576 e. The summed E-state index contributed by atoms with van der Waals surface area (Å²) in [5, 5.41) is 0.0149. The predicted molar refractivity (Wildman–Crippen MR) is 71.2 cm³/mol. The van der Waals surface area contributed by atoms with Crippen LogP contribution in [-0.2, 0) is 0 Å². The van der Waals surface area contributed by atoms with E-state index in [1.807, 2.05) is 0 Å². The minimum Gasteiger partial charge on any atom is -0.528 e. The van der Waals surface area contributed by atoms with Crippen molar-refractivity contribution in [2.45, 2.75) is 0 Å². The molecule has 0 saturated heterocycles. The fraction of sp³-hybridized carbons (Fsp3) is 0. The molecule has 0 saturated carbocycles. The van der Waals surface area contributed by atoms with Gasteiger partial charge in [0, 0.05) is 12.1 Å². The second kappa shape index (κ2) is 6.13. The molecule has 2 nitrogen and oxygen atoms in total. The Morgan fingerprint density at radius 2 is 1.21 bits per heavy atom. The van der Waals surface area contributed by atoms with Gasteiger partial charge < -0.3 is 9.31 Å². The molecule has 2 aromatic rings. The predicted octanol–water partition coefficient (Wildman–Crippen LogP) is 4.00. The quantitative estimate of drug-likeness (QED) is 0.795. The Morgan fingerprint density at radius 3 is 1.58 bits per heavy atom. The lowest BCUT2D eigenvalue weighted by molar-refractivity contribution is 0.454. The van der Waals surface area contributed by atoms with Gasteiger partial charge in [-0.3, -0.25) is 0 Å². The molecule has 7 heteroatoms. The first kappa shape index (κ1) is 14.0. The first-order chi connectivity index (χ1) is 9.06. The summed E-state index contributed by atoms with van der Waals surface area (Å²) in [5.74, 6) is -0.652. The summed E-state index contributed by atoms with van der Waals surface area (Å²) in [4.78, 5) is 0. The fourth-order valence-electron chi connectivity index (χ4n) is 1.30. The van der Waals surface area contributed by atoms with E-state index in [0.29, 0.717) is 0 Å². The summed E-state index contributed by atoms with van der Waals surface area (Å²) in [5.41, 5.74) is 0. The van der Waals surface area contributed by atoms with E-state index in [4.69, 9.17) is 32.5 Å². The normalized spacial score (nSPS) is 10.1. The smallest absolute Gasteiger partial charge is 0.528 e. The van der Waals surface area contributed by atoms with Gasteiger partial charge in [-0.2, -0.15) is 0 Å². The third kappa shape index (κ3) is 3.75. The first-order valence-corrected chi connectivity index (χ1v) is 5.97. The van der Waals surface area contributed by atoms with Crippen molar-refractivity contribution < 1.29 is 18.1 Å². The van der Waals surface area contributed by atoms with Gasteiger partial charge in [-0.05, 0) is 24.3 Å². The molecule has 19 heavy (non-hydrogen) atoms. The highest BCUT2D eigenvalue weighted by Crippen LogP contribution is 2.22. The van der Waals surface area contributed by atoms with Gasteiger partial charge in [-0.15, -0.1) is 0 Å². The molecular formula is C12H7BCl2F2O2. The molecule has 0 aliphatic rings. The van der Waals surface area contributed by atoms with Crippen LogP contribution in [0.15, 0.2) is 36.4 Å². The Bertz CT molecular complexity index is 544. The van der Waals surface area contributed by atoms with Gasteiger partial charge >= 0.3 is 7.69 Å². The third-order valence-electron chi connectivity index (χ3n) is 2.23. The molecule has 2 rings (SSSR count). The van der Waals surface area contributed by atoms with Gasteiger partial charge in [-0.25, -0.2) is 8.78 Å². The molecule has 0 atom stereocenters. The van der Waals surface area contributed by atoms with Crippen LogP contribution in [0.1, 0.15) is 0 Å². The lowest BCUT2D eigenvalue weighted by atomic mass is 10.3. The van der Waals surface area contributed by atoms with Crippen LogP contribution in [0.4, 0.5) is 8.78 Å². The number of hydrogen-bond donors (Lipinski definition) is 0. The molecule has 0 heterocycles. The summed E-state index contributed by atoms with van der Waals surface area (Å²) in [6, 6.07) is 8.00. The molecule has 0 amide bonds. The summed E-state index contributed by atoms with van der Waals surface area (Å²) in [6.45, 7) is 0. The standard InChI is InChI=1S/C12H7BCl2F2O2/c14-9-3-1-7(5-11(9)16)18-13-19-8-2-4-10(15)12(17)6-8/h1-6,13H. The van der Waals surface area contributed by atoms with Crippen LogP contribution >= 0.6 is 23.2 Å². The van der Waals surface area contributed by atoms with Gasteiger partial charge in [0.05, 0.1) is 10.0 Å². The average Bonchev–Trinajstić information content (AvgIpc) is 2.38. The van der Waals surface area contributed by atoms with Crippen LogP contribution in [0.2, 0.25) is 10.0 Å². The minimum absolute atomic E-state index is 0.00745. The van der Waals surface area contributed by atoms with Crippen molar-refractivity contribution in [3.63, 3.8) is 0 Å². The number of rotatable bonds is 4. The van der Waals surface area contributed by atoms with Crippen LogP contribution < -0.4 is 9.31 Å². The van der Waals surface area contributed by atoms with Crippen molar-refractivity contribution in [2.75, 3.05) is 0 Å². The molecule has 2 aromatic carbocycles. The van der Waals surface area contributed by atoms with E-state index >= 15 is 0 Å². The molecule has 0 N–H and O–H groups in total. The van der Waals surface area contributed by atoms with Crippen LogP contribution in [0, 0.1) is 11.6 Å². The molecule has 0 unspecified atom stereocenters. The monoisotopic (exact) mass is 302 g/mol. The van der Waals surface area contributed by atoms with Crippen molar-refractivity contribution in [3.8, 4) is 11.5 Å². The first-order valence-electron chi connectivity index (χ1n) is 5.22. The van der Waals surface area contributed by atoms with Gasteiger partial charge in [-0.1, -0.05) is 23.2 Å². The second-order valence-electron chi connectivity index (χ2n) is 3.56. The molecule has 0 aliphatic carbocycles. The van der Waals surface area contributed by atoms with E-state index in [2.05, 4.69) is 0 Å². The lowest BCUT2D eigenvalue weighted by Crippen LogP contribution is -2.11. The maximum atomic E-state index is 13.1. The molecule has 0 radical (unpaired) electrons. The molecule has 0 spiro atoms. The zero-order valence-electron chi connectivity index (χ0n) is 9.50. The SMILES string of the molecule is Fc1cc(OBOc2ccc(Cl)c(F)c2)ccc1Cl. The Labute approximate surface area is 119 Å². The van der Waals surface area contributed by atoms with Gasteiger partial charge in [0.25, 0.3) is 0 Å². The van der Waals surface area contributed by atoms with Crippen molar-refractivity contribution in [2.24, 2.45) is 0 Å². The van der Waals surface area contributed by atoms with Crippen molar-refractivity contribution in [3.05, 3.63) is 58.1 Å². The summed E-state index contributed by atoms with van der Waals surface area (Å²) in [6.07, 6.45) is 0. The van der Waals surface area contributed by atoms with Gasteiger partial charge in [0.1, 0.15) is 23.1 Å². The van der Waals surface area contributed by atoms with Crippen LogP contribution in [0.3, 0.4) is 0 Å². The van der Waals surface area contributed by atoms with Gasteiger partial charge in [0.2, 0.25) is 0 Å². The van der Waals surface area contributed by atoms with Crippen LogP contribution in [0.25, 0.3) is 0 Å². The maximum absolute atomic E-state index is 13.1. The van der Waals surface area contributed by atoms with E-state index in [9.17, 15) is 8.78 Å². The lowest BCUT2D eigenvalue weighted by Gasteiger charge is -2.08. The van der Waals surface area contributed by atoms with Crippen molar-refractivity contribution in [1.82, 2.24) is 0 Å². The van der Waals surface area contributed by atoms with E-state index in [1.54, 1.807) is 0 Å². The third-order valence-corrected chi connectivity index (χ3v) is 2.85. The highest BCUT2D eigenvalue weighted by molar-refractivity contribution is 6.31. The summed E-state index contributed by atoms with van der Waals surface area (Å²) >= 11 is 11.1. The number of benzene rings is 2. The van der Waals surface area contributed by atoms with E-state index in [0.717, 1.165) is 12.1 Å². The highest BCUT2D eigenvalue weighted by Gasteiger charge is 2.05. The zero-order valence-corrected chi connectivity index (χ0v) is 11.0. The topological polar surface area (TPSA) is 18.5 Å². The van der Waals surface area contributed by atoms with Crippen molar-refractivity contribution >= 4 is 30.9 Å². The Hall–Kier alpha value is -1.46. The number of hydrogen-bond acceptors (Lipinski definition) is 2. The largest absolute Gasteiger partial charge is 0.576 e. The molecular weight excluding hydrogens is 296 g/mol. The number of halogens is 4. The van der Waals surface area contributed by atoms with E-state index in [-0.39, 0.29) is 29.2 Å². The second-order valence-corrected chi connectivity index (χ2v) is 4.37. The Morgan fingerprint density at radius 1 is 0.789 bits per heavy atom. The molecule has 0 bridgehead atoms.